The molecule has 0 saturated heterocycles. The van der Waals surface area contributed by atoms with E-state index in [1.54, 1.807) is 0 Å². The lowest BCUT2D eigenvalue weighted by Crippen LogP contribution is -1.97. The van der Waals surface area contributed by atoms with Gasteiger partial charge in [-0.3, -0.25) is 0 Å². The molecule has 0 N–H and O–H groups in total. The molecule has 0 saturated carbocycles. The fraction of sp³-hybridized carbons (Fsp3) is 0. The van der Waals surface area contributed by atoms with E-state index in [4.69, 9.17) is 6.57 Å². The highest BCUT2D eigenvalue weighted by Crippen LogP contribution is 2.45. The van der Waals surface area contributed by atoms with Gasteiger partial charge in [-0.1, -0.05) is 140 Å². The first kappa shape index (κ1) is 26.9. The maximum Gasteiger partial charge on any atom is 0.188 e. The first-order chi connectivity index (χ1) is 23.3. The molecule has 1 aromatic heterocycles. The molecule has 0 fully saturated rings. The van der Waals surface area contributed by atoms with E-state index < -0.39 is 0 Å². The number of nitrogens with zero attached hydrogens (tertiary/aromatic N) is 2. The van der Waals surface area contributed by atoms with Gasteiger partial charge in [0.25, 0.3) is 0 Å². The Labute approximate surface area is 273 Å². The number of para-hydroxylation sites is 2. The Kier molecular flexibility index (Phi) is 6.23. The van der Waals surface area contributed by atoms with Crippen LogP contribution in [0.1, 0.15) is 0 Å². The lowest BCUT2D eigenvalue weighted by Gasteiger charge is -2.19. The summed E-state index contributed by atoms with van der Waals surface area (Å²) in [6.45, 7) is 7.88. The maximum absolute atomic E-state index is 7.88. The number of fused-ring (bicyclic) bond motifs is 5. The van der Waals surface area contributed by atoms with E-state index in [0.717, 1.165) is 33.4 Å². The van der Waals surface area contributed by atoms with Crippen molar-refractivity contribution in [2.45, 2.75) is 0 Å². The van der Waals surface area contributed by atoms with Crippen LogP contribution in [0.5, 0.6) is 0 Å². The van der Waals surface area contributed by atoms with Crippen molar-refractivity contribution in [1.82, 2.24) is 4.57 Å². The molecule has 0 aliphatic rings. The highest BCUT2D eigenvalue weighted by Gasteiger charge is 2.19. The van der Waals surface area contributed by atoms with Crippen LogP contribution in [0.2, 0.25) is 0 Å². The molecule has 0 bridgehead atoms. The minimum Gasteiger partial charge on any atom is -0.309 e. The molecule has 9 aromatic rings. The van der Waals surface area contributed by atoms with E-state index in [1.807, 2.05) is 12.1 Å². The average Bonchev–Trinajstić information content (AvgIpc) is 3.48. The Morgan fingerprint density at radius 3 is 1.43 bits per heavy atom. The van der Waals surface area contributed by atoms with Crippen molar-refractivity contribution in [1.29, 1.82) is 0 Å². The van der Waals surface area contributed by atoms with Gasteiger partial charge in [0.05, 0.1) is 23.3 Å². The lowest BCUT2D eigenvalue weighted by molar-refractivity contribution is 1.18. The molecule has 0 radical (unpaired) electrons. The van der Waals surface area contributed by atoms with Gasteiger partial charge >= 0.3 is 0 Å². The average molecular weight is 597 g/mol. The van der Waals surface area contributed by atoms with Gasteiger partial charge in [0.2, 0.25) is 0 Å². The van der Waals surface area contributed by atoms with Crippen LogP contribution in [0.4, 0.5) is 5.69 Å². The molecule has 47 heavy (non-hydrogen) atoms. The van der Waals surface area contributed by atoms with Crippen LogP contribution in [-0.2, 0) is 0 Å². The van der Waals surface area contributed by atoms with E-state index in [-0.39, 0.29) is 0 Å². The molecule has 0 aliphatic heterocycles. The third-order valence-electron chi connectivity index (χ3n) is 9.39. The Morgan fingerprint density at radius 2 is 0.851 bits per heavy atom. The predicted molar refractivity (Wildman–Crippen MR) is 198 cm³/mol. The van der Waals surface area contributed by atoms with Crippen molar-refractivity contribution in [2.24, 2.45) is 0 Å². The van der Waals surface area contributed by atoms with Gasteiger partial charge in [0.1, 0.15) is 0 Å². The highest BCUT2D eigenvalue weighted by atomic mass is 15.0. The second-order valence-electron chi connectivity index (χ2n) is 12.0. The molecule has 2 nitrogen and oxygen atoms in total. The van der Waals surface area contributed by atoms with Crippen LogP contribution < -0.4 is 0 Å². The Balaban J connectivity index is 1.33. The van der Waals surface area contributed by atoms with Gasteiger partial charge in [-0.05, 0) is 85.3 Å². The van der Waals surface area contributed by atoms with Gasteiger partial charge in [-0.15, -0.1) is 0 Å². The van der Waals surface area contributed by atoms with Crippen LogP contribution in [0.25, 0.3) is 87.3 Å². The number of hydrogen-bond donors (Lipinski definition) is 0. The quantitative estimate of drug-likeness (QED) is 0.141. The summed E-state index contributed by atoms with van der Waals surface area (Å²) in [7, 11) is 0. The zero-order valence-electron chi connectivity index (χ0n) is 25.6. The zero-order chi connectivity index (χ0) is 31.3. The topological polar surface area (TPSA) is 9.29 Å². The van der Waals surface area contributed by atoms with Crippen LogP contribution in [0.3, 0.4) is 0 Å². The molecule has 0 unspecified atom stereocenters. The van der Waals surface area contributed by atoms with Crippen molar-refractivity contribution in [3.8, 4) is 39.1 Å². The molecule has 9 rings (SSSR count). The minimum absolute atomic E-state index is 0.623. The predicted octanol–water partition coefficient (Wildman–Crippen LogP) is 12.6. The largest absolute Gasteiger partial charge is 0.309 e. The summed E-state index contributed by atoms with van der Waals surface area (Å²) in [6, 6.07) is 60.3. The normalized spacial score (nSPS) is 11.4. The number of rotatable bonds is 4. The van der Waals surface area contributed by atoms with Crippen LogP contribution in [-0.4, -0.2) is 4.57 Å². The van der Waals surface area contributed by atoms with Crippen LogP contribution in [0, 0.1) is 6.57 Å². The summed E-state index contributed by atoms with van der Waals surface area (Å²) >= 11 is 0. The molecule has 0 amide bonds. The molecule has 0 atom stereocenters. The van der Waals surface area contributed by atoms with Gasteiger partial charge in [0.15, 0.2) is 5.69 Å². The molecule has 0 aliphatic carbocycles. The van der Waals surface area contributed by atoms with Gasteiger partial charge in [-0.25, -0.2) is 4.85 Å². The monoisotopic (exact) mass is 596 g/mol. The lowest BCUT2D eigenvalue weighted by atomic mass is 9.85. The van der Waals surface area contributed by atoms with E-state index in [2.05, 4.69) is 167 Å². The van der Waals surface area contributed by atoms with Crippen molar-refractivity contribution >= 4 is 49.0 Å². The summed E-state index contributed by atoms with van der Waals surface area (Å²) in [4.78, 5) is 3.85. The van der Waals surface area contributed by atoms with Gasteiger partial charge < -0.3 is 4.57 Å². The maximum atomic E-state index is 7.88. The van der Waals surface area contributed by atoms with Crippen molar-refractivity contribution in [3.05, 3.63) is 181 Å². The van der Waals surface area contributed by atoms with Crippen molar-refractivity contribution in [2.75, 3.05) is 0 Å². The molecule has 0 spiro atoms. The SMILES string of the molecule is [C-]#[N+]c1ccc(-n2c3ccccc3c3ccccc32)c(-c2cccc(-c3c4ccccc4c(-c4ccccc4)c4ccccc34)c2)c1. The molecule has 218 valence electrons. The van der Waals surface area contributed by atoms with Gasteiger partial charge in [0, 0.05) is 10.8 Å². The third kappa shape index (κ3) is 4.26. The van der Waals surface area contributed by atoms with E-state index in [0.29, 0.717) is 5.69 Å². The Hall–Kier alpha value is -6.43. The van der Waals surface area contributed by atoms with Crippen molar-refractivity contribution in [3.63, 3.8) is 0 Å². The molecular formula is C45H28N2. The van der Waals surface area contributed by atoms with E-state index in [9.17, 15) is 0 Å². The smallest absolute Gasteiger partial charge is 0.188 e. The van der Waals surface area contributed by atoms with Crippen LogP contribution in [0.15, 0.2) is 170 Å². The second-order valence-corrected chi connectivity index (χ2v) is 12.0. The second kappa shape index (κ2) is 10.9. The Morgan fingerprint density at radius 1 is 0.383 bits per heavy atom. The van der Waals surface area contributed by atoms with Crippen molar-refractivity contribution < 1.29 is 0 Å². The fourth-order valence-corrected chi connectivity index (χ4v) is 7.40. The number of aromatic nitrogens is 1. The first-order valence-electron chi connectivity index (χ1n) is 15.9. The third-order valence-corrected chi connectivity index (χ3v) is 9.39. The molecule has 8 aromatic carbocycles. The number of benzene rings is 8. The summed E-state index contributed by atoms with van der Waals surface area (Å²) < 4.78 is 2.35. The van der Waals surface area contributed by atoms with Crippen LogP contribution >= 0.6 is 0 Å². The first-order valence-corrected chi connectivity index (χ1v) is 15.9. The van der Waals surface area contributed by atoms with Gasteiger partial charge in [-0.2, -0.15) is 0 Å². The van der Waals surface area contributed by atoms with E-state index >= 15 is 0 Å². The minimum atomic E-state index is 0.623. The summed E-state index contributed by atoms with van der Waals surface area (Å²) in [5, 5.41) is 7.35. The standard InChI is InChI=1S/C45H28N2/c1-46-33-26-27-43(47-41-24-11-9-18-34(41)35-19-10-12-25-42(35)47)40(29-33)31-16-13-17-32(28-31)45-38-22-7-5-20-36(38)44(30-14-3-2-4-15-30)37-21-6-8-23-39(37)45/h2-29H. The zero-order valence-corrected chi connectivity index (χ0v) is 25.6. The summed E-state index contributed by atoms with van der Waals surface area (Å²) in [5.74, 6) is 0. The number of hydrogen-bond acceptors (Lipinski definition) is 0. The summed E-state index contributed by atoms with van der Waals surface area (Å²) in [6.07, 6.45) is 0. The fourth-order valence-electron chi connectivity index (χ4n) is 7.40. The Bertz CT molecular complexity index is 2580. The highest BCUT2D eigenvalue weighted by molar-refractivity contribution is 6.21. The molecular weight excluding hydrogens is 569 g/mol. The molecule has 2 heteroatoms. The van der Waals surface area contributed by atoms with E-state index in [1.165, 1.54) is 49.0 Å². The molecule has 1 heterocycles. The summed E-state index contributed by atoms with van der Waals surface area (Å²) in [5.41, 5.74) is 10.9.